The van der Waals surface area contributed by atoms with Crippen LogP contribution in [-0.4, -0.2) is 24.6 Å². The highest BCUT2D eigenvalue weighted by Gasteiger charge is 2.18. The molecule has 0 unspecified atom stereocenters. The molecule has 0 atom stereocenters. The van der Waals surface area contributed by atoms with Crippen molar-refractivity contribution >= 4 is 23.1 Å². The predicted octanol–water partition coefficient (Wildman–Crippen LogP) is 3.76. The fourth-order valence-electron chi connectivity index (χ4n) is 2.26. The number of nitrogens with zero attached hydrogens (tertiary/aromatic N) is 2. The van der Waals surface area contributed by atoms with Crippen molar-refractivity contribution < 1.29 is 14.3 Å². The van der Waals surface area contributed by atoms with Gasteiger partial charge in [0.2, 0.25) is 0 Å². The molecule has 0 radical (unpaired) electrons. The SMILES string of the molecule is COc1ccc(OCC(=O)N(Cc2cccs2)c2ccccn2)cc1. The molecule has 0 saturated heterocycles. The summed E-state index contributed by atoms with van der Waals surface area (Å²) in [6, 6.07) is 16.6. The van der Waals surface area contributed by atoms with Crippen LogP contribution in [0.1, 0.15) is 4.88 Å². The van der Waals surface area contributed by atoms with Crippen LogP contribution in [0.4, 0.5) is 5.82 Å². The molecular formula is C19H18N2O3S. The zero-order chi connectivity index (χ0) is 17.5. The zero-order valence-electron chi connectivity index (χ0n) is 13.8. The Hall–Kier alpha value is -2.86. The minimum Gasteiger partial charge on any atom is -0.497 e. The molecule has 0 saturated carbocycles. The van der Waals surface area contributed by atoms with Gasteiger partial charge in [-0.05, 0) is 47.8 Å². The van der Waals surface area contributed by atoms with Crippen LogP contribution in [0.5, 0.6) is 11.5 Å². The maximum atomic E-state index is 12.7. The molecule has 0 aliphatic carbocycles. The van der Waals surface area contributed by atoms with E-state index in [0.29, 0.717) is 18.1 Å². The highest BCUT2D eigenvalue weighted by molar-refractivity contribution is 7.09. The Kier molecular flexibility index (Phi) is 5.64. The van der Waals surface area contributed by atoms with E-state index >= 15 is 0 Å². The van der Waals surface area contributed by atoms with Crippen LogP contribution in [0.2, 0.25) is 0 Å². The molecule has 3 aromatic rings. The normalized spacial score (nSPS) is 10.3. The standard InChI is InChI=1S/C19H18N2O3S/c1-23-15-7-9-16(10-8-15)24-14-19(22)21(13-17-5-4-12-25-17)18-6-2-3-11-20-18/h2-12H,13-14H2,1H3. The van der Waals surface area contributed by atoms with E-state index in [4.69, 9.17) is 9.47 Å². The number of pyridine rings is 1. The van der Waals surface area contributed by atoms with E-state index in [-0.39, 0.29) is 12.5 Å². The smallest absolute Gasteiger partial charge is 0.266 e. The number of hydrogen-bond acceptors (Lipinski definition) is 5. The third-order valence-electron chi connectivity index (χ3n) is 3.54. The van der Waals surface area contributed by atoms with E-state index in [1.165, 1.54) is 0 Å². The summed E-state index contributed by atoms with van der Waals surface area (Å²) in [6.07, 6.45) is 1.67. The number of methoxy groups -OCH3 is 1. The molecule has 1 amide bonds. The monoisotopic (exact) mass is 354 g/mol. The van der Waals surface area contributed by atoms with E-state index in [2.05, 4.69) is 4.98 Å². The minimum atomic E-state index is -0.150. The summed E-state index contributed by atoms with van der Waals surface area (Å²) >= 11 is 1.61. The summed E-state index contributed by atoms with van der Waals surface area (Å²) in [6.45, 7) is 0.410. The molecule has 0 spiro atoms. The zero-order valence-corrected chi connectivity index (χ0v) is 14.6. The molecule has 2 heterocycles. The number of rotatable bonds is 7. The van der Waals surface area contributed by atoms with Crippen LogP contribution >= 0.6 is 11.3 Å². The van der Waals surface area contributed by atoms with Crippen LogP contribution in [-0.2, 0) is 11.3 Å². The van der Waals surface area contributed by atoms with Crippen LogP contribution in [0.15, 0.2) is 66.2 Å². The quantitative estimate of drug-likeness (QED) is 0.648. The van der Waals surface area contributed by atoms with Gasteiger partial charge < -0.3 is 9.47 Å². The summed E-state index contributed by atoms with van der Waals surface area (Å²) < 4.78 is 10.7. The number of aromatic nitrogens is 1. The number of anilines is 1. The Morgan fingerprint density at radius 2 is 1.88 bits per heavy atom. The van der Waals surface area contributed by atoms with Gasteiger partial charge in [0.25, 0.3) is 5.91 Å². The average Bonchev–Trinajstić information content (AvgIpc) is 3.18. The summed E-state index contributed by atoms with van der Waals surface area (Å²) in [5.74, 6) is 1.82. The van der Waals surface area contributed by atoms with Crippen LogP contribution < -0.4 is 14.4 Å². The van der Waals surface area contributed by atoms with E-state index in [1.807, 2.05) is 35.7 Å². The first-order valence-corrected chi connectivity index (χ1v) is 8.65. The second kappa shape index (κ2) is 8.30. The number of benzene rings is 1. The number of carbonyl (C=O) groups excluding carboxylic acids is 1. The van der Waals surface area contributed by atoms with Crippen molar-refractivity contribution in [3.8, 4) is 11.5 Å². The van der Waals surface area contributed by atoms with E-state index in [9.17, 15) is 4.79 Å². The summed E-state index contributed by atoms with van der Waals surface area (Å²) in [5, 5.41) is 1.99. The Balaban J connectivity index is 1.70. The lowest BCUT2D eigenvalue weighted by Gasteiger charge is -2.21. The molecule has 25 heavy (non-hydrogen) atoms. The number of thiophene rings is 1. The highest BCUT2D eigenvalue weighted by Crippen LogP contribution is 2.20. The summed E-state index contributed by atoms with van der Waals surface area (Å²) in [7, 11) is 1.61. The van der Waals surface area contributed by atoms with Gasteiger partial charge in [-0.2, -0.15) is 0 Å². The van der Waals surface area contributed by atoms with Crippen molar-refractivity contribution in [2.45, 2.75) is 6.54 Å². The minimum absolute atomic E-state index is 0.0612. The van der Waals surface area contributed by atoms with Gasteiger partial charge in [-0.3, -0.25) is 9.69 Å². The molecule has 0 aliphatic heterocycles. The number of hydrogen-bond donors (Lipinski definition) is 0. The van der Waals surface area contributed by atoms with E-state index < -0.39 is 0 Å². The van der Waals surface area contributed by atoms with Crippen molar-refractivity contribution in [3.05, 3.63) is 71.1 Å². The van der Waals surface area contributed by atoms with Crippen molar-refractivity contribution in [1.29, 1.82) is 0 Å². The first-order valence-electron chi connectivity index (χ1n) is 7.77. The second-order valence-corrected chi connectivity index (χ2v) is 6.24. The van der Waals surface area contributed by atoms with Gasteiger partial charge in [0.1, 0.15) is 17.3 Å². The third-order valence-corrected chi connectivity index (χ3v) is 4.40. The van der Waals surface area contributed by atoms with Gasteiger partial charge in [-0.15, -0.1) is 11.3 Å². The van der Waals surface area contributed by atoms with Crippen molar-refractivity contribution in [2.75, 3.05) is 18.6 Å². The Bertz CT molecular complexity index is 789. The molecule has 128 valence electrons. The van der Waals surface area contributed by atoms with Crippen molar-refractivity contribution in [3.63, 3.8) is 0 Å². The van der Waals surface area contributed by atoms with Gasteiger partial charge in [0.05, 0.1) is 13.7 Å². The first kappa shape index (κ1) is 17.0. The van der Waals surface area contributed by atoms with Crippen LogP contribution in [0, 0.1) is 0 Å². The maximum Gasteiger partial charge on any atom is 0.266 e. The average molecular weight is 354 g/mol. The highest BCUT2D eigenvalue weighted by atomic mass is 32.1. The third kappa shape index (κ3) is 4.58. The van der Waals surface area contributed by atoms with Gasteiger partial charge in [-0.25, -0.2) is 4.98 Å². The summed E-state index contributed by atoms with van der Waals surface area (Å²) in [4.78, 5) is 19.7. The Labute approximate surface area is 150 Å². The van der Waals surface area contributed by atoms with Crippen LogP contribution in [0.3, 0.4) is 0 Å². The van der Waals surface area contributed by atoms with E-state index in [1.54, 1.807) is 53.8 Å². The lowest BCUT2D eigenvalue weighted by molar-refractivity contribution is -0.120. The molecule has 3 rings (SSSR count). The Morgan fingerprint density at radius 1 is 1.08 bits per heavy atom. The molecule has 0 aliphatic rings. The van der Waals surface area contributed by atoms with Crippen molar-refractivity contribution in [2.24, 2.45) is 0 Å². The van der Waals surface area contributed by atoms with Crippen molar-refractivity contribution in [1.82, 2.24) is 4.98 Å². The molecule has 5 nitrogen and oxygen atoms in total. The number of ether oxygens (including phenoxy) is 2. The summed E-state index contributed by atoms with van der Waals surface area (Å²) in [5.41, 5.74) is 0. The van der Waals surface area contributed by atoms with Gasteiger partial charge in [0, 0.05) is 11.1 Å². The first-order chi connectivity index (χ1) is 12.3. The molecule has 2 aromatic heterocycles. The molecule has 0 N–H and O–H groups in total. The molecule has 1 aromatic carbocycles. The second-order valence-electron chi connectivity index (χ2n) is 5.21. The fraction of sp³-hybridized carbons (Fsp3) is 0.158. The number of carbonyl (C=O) groups is 1. The van der Waals surface area contributed by atoms with Gasteiger partial charge in [0.15, 0.2) is 6.61 Å². The largest absolute Gasteiger partial charge is 0.497 e. The molecule has 0 fully saturated rings. The Morgan fingerprint density at radius 3 is 2.52 bits per heavy atom. The fourth-order valence-corrected chi connectivity index (χ4v) is 2.96. The van der Waals surface area contributed by atoms with Gasteiger partial charge in [-0.1, -0.05) is 12.1 Å². The van der Waals surface area contributed by atoms with Gasteiger partial charge >= 0.3 is 0 Å². The predicted molar refractivity (Wildman–Crippen MR) is 98.2 cm³/mol. The van der Waals surface area contributed by atoms with Crippen LogP contribution in [0.25, 0.3) is 0 Å². The molecular weight excluding hydrogens is 336 g/mol. The number of amides is 1. The topological polar surface area (TPSA) is 51.7 Å². The molecule has 0 bridgehead atoms. The maximum absolute atomic E-state index is 12.7. The lowest BCUT2D eigenvalue weighted by atomic mass is 10.3. The molecule has 6 heteroatoms. The van der Waals surface area contributed by atoms with E-state index in [0.717, 1.165) is 10.6 Å². The lowest BCUT2D eigenvalue weighted by Crippen LogP contribution is -2.34.